The predicted molar refractivity (Wildman–Crippen MR) is 73.9 cm³/mol. The van der Waals surface area contributed by atoms with E-state index in [2.05, 4.69) is 26.1 Å². The Balaban J connectivity index is 2.25. The summed E-state index contributed by atoms with van der Waals surface area (Å²) in [6.45, 7) is 7.81. The molecule has 0 aromatic heterocycles. The summed E-state index contributed by atoms with van der Waals surface area (Å²) in [6.07, 6.45) is 3.86. The van der Waals surface area contributed by atoms with Crippen molar-refractivity contribution in [2.45, 2.75) is 46.1 Å². The van der Waals surface area contributed by atoms with E-state index in [1.807, 2.05) is 12.1 Å². The van der Waals surface area contributed by atoms with E-state index in [-0.39, 0.29) is 5.82 Å². The third kappa shape index (κ3) is 2.74. The average molecular weight is 249 g/mol. The molecule has 0 aliphatic heterocycles. The molecule has 1 aromatic rings. The molecular formula is C16H24FN. The number of halogens is 1. The van der Waals surface area contributed by atoms with Crippen LogP contribution in [-0.2, 0) is 0 Å². The summed E-state index contributed by atoms with van der Waals surface area (Å²) in [6, 6.07) is 7.35. The van der Waals surface area contributed by atoms with Crippen molar-refractivity contribution < 1.29 is 4.39 Å². The van der Waals surface area contributed by atoms with Crippen molar-refractivity contribution in [2.24, 2.45) is 11.3 Å². The Hall–Kier alpha value is -0.890. The van der Waals surface area contributed by atoms with Gasteiger partial charge in [-0.1, -0.05) is 39.3 Å². The van der Waals surface area contributed by atoms with Crippen molar-refractivity contribution >= 4 is 0 Å². The second-order valence-corrected chi connectivity index (χ2v) is 6.07. The number of hydrogen-bond acceptors (Lipinski definition) is 1. The van der Waals surface area contributed by atoms with Crippen LogP contribution in [0.1, 0.15) is 51.6 Å². The Morgan fingerprint density at radius 1 is 1.33 bits per heavy atom. The lowest BCUT2D eigenvalue weighted by atomic mass is 9.75. The molecule has 1 aromatic carbocycles. The highest BCUT2D eigenvalue weighted by molar-refractivity contribution is 5.21. The summed E-state index contributed by atoms with van der Waals surface area (Å²) in [7, 11) is 0. The highest BCUT2D eigenvalue weighted by Gasteiger charge is 2.39. The monoisotopic (exact) mass is 249 g/mol. The molecule has 1 nitrogen and oxygen atoms in total. The lowest BCUT2D eigenvalue weighted by Gasteiger charge is -2.35. The minimum Gasteiger partial charge on any atom is -0.310 e. The molecule has 0 bridgehead atoms. The maximum absolute atomic E-state index is 13.0. The van der Waals surface area contributed by atoms with Gasteiger partial charge in [-0.2, -0.15) is 0 Å². The molecule has 0 amide bonds. The quantitative estimate of drug-likeness (QED) is 0.838. The van der Waals surface area contributed by atoms with Gasteiger partial charge in [0.05, 0.1) is 0 Å². The molecular weight excluding hydrogens is 225 g/mol. The molecule has 1 saturated carbocycles. The lowest BCUT2D eigenvalue weighted by Crippen LogP contribution is -2.33. The molecule has 0 saturated heterocycles. The fourth-order valence-corrected chi connectivity index (χ4v) is 3.35. The van der Waals surface area contributed by atoms with Gasteiger partial charge in [-0.3, -0.25) is 0 Å². The van der Waals surface area contributed by atoms with Gasteiger partial charge < -0.3 is 5.32 Å². The Bertz CT molecular complexity index is 383. The smallest absolute Gasteiger partial charge is 0.123 e. The van der Waals surface area contributed by atoms with Crippen LogP contribution < -0.4 is 5.32 Å². The van der Waals surface area contributed by atoms with Crippen LogP contribution in [0, 0.1) is 17.2 Å². The Labute approximate surface area is 110 Å². The van der Waals surface area contributed by atoms with Gasteiger partial charge in [-0.15, -0.1) is 0 Å². The highest BCUT2D eigenvalue weighted by atomic mass is 19.1. The average Bonchev–Trinajstić information content (AvgIpc) is 2.67. The summed E-state index contributed by atoms with van der Waals surface area (Å²) in [5.74, 6) is 0.489. The zero-order chi connectivity index (χ0) is 13.2. The first-order valence-electron chi connectivity index (χ1n) is 7.03. The molecule has 0 heterocycles. The fourth-order valence-electron chi connectivity index (χ4n) is 3.35. The molecule has 18 heavy (non-hydrogen) atoms. The van der Waals surface area contributed by atoms with E-state index >= 15 is 0 Å². The number of benzene rings is 1. The van der Waals surface area contributed by atoms with Crippen molar-refractivity contribution in [1.29, 1.82) is 0 Å². The van der Waals surface area contributed by atoms with Crippen LogP contribution in [0.3, 0.4) is 0 Å². The molecule has 0 radical (unpaired) electrons. The minimum absolute atomic E-state index is 0.153. The zero-order valence-corrected chi connectivity index (χ0v) is 11.7. The van der Waals surface area contributed by atoms with Crippen LogP contribution in [0.2, 0.25) is 0 Å². The normalized spacial score (nSPS) is 24.1. The van der Waals surface area contributed by atoms with Crippen LogP contribution in [0.15, 0.2) is 24.3 Å². The maximum atomic E-state index is 13.0. The van der Waals surface area contributed by atoms with Crippen molar-refractivity contribution in [3.05, 3.63) is 35.6 Å². The molecule has 2 atom stereocenters. The van der Waals surface area contributed by atoms with E-state index in [1.165, 1.54) is 24.8 Å². The Morgan fingerprint density at radius 2 is 2.00 bits per heavy atom. The summed E-state index contributed by atoms with van der Waals surface area (Å²) in [5, 5.41) is 3.59. The molecule has 100 valence electrons. The summed E-state index contributed by atoms with van der Waals surface area (Å²) < 4.78 is 13.0. The van der Waals surface area contributed by atoms with Gasteiger partial charge >= 0.3 is 0 Å². The lowest BCUT2D eigenvalue weighted by molar-refractivity contribution is 0.199. The van der Waals surface area contributed by atoms with E-state index in [1.54, 1.807) is 12.1 Å². The molecule has 1 aliphatic carbocycles. The van der Waals surface area contributed by atoms with E-state index in [0.29, 0.717) is 17.4 Å². The molecule has 1 aliphatic rings. The van der Waals surface area contributed by atoms with Crippen molar-refractivity contribution in [2.75, 3.05) is 6.54 Å². The maximum Gasteiger partial charge on any atom is 0.123 e. The van der Waals surface area contributed by atoms with Crippen LogP contribution >= 0.6 is 0 Å². The van der Waals surface area contributed by atoms with Gasteiger partial charge in [-0.25, -0.2) is 4.39 Å². The first-order chi connectivity index (χ1) is 8.54. The largest absolute Gasteiger partial charge is 0.310 e. The van der Waals surface area contributed by atoms with E-state index in [9.17, 15) is 4.39 Å². The third-order valence-electron chi connectivity index (χ3n) is 4.40. The van der Waals surface area contributed by atoms with Gasteiger partial charge in [-0.05, 0) is 48.4 Å². The highest BCUT2D eigenvalue weighted by Crippen LogP contribution is 2.48. The van der Waals surface area contributed by atoms with E-state index < -0.39 is 0 Å². The molecule has 2 rings (SSSR count). The molecule has 0 spiro atoms. The van der Waals surface area contributed by atoms with E-state index in [0.717, 1.165) is 6.54 Å². The number of rotatable bonds is 4. The van der Waals surface area contributed by atoms with Crippen molar-refractivity contribution in [1.82, 2.24) is 5.32 Å². The van der Waals surface area contributed by atoms with Gasteiger partial charge in [0, 0.05) is 6.04 Å². The zero-order valence-electron chi connectivity index (χ0n) is 11.7. The van der Waals surface area contributed by atoms with Gasteiger partial charge in [0.15, 0.2) is 0 Å². The van der Waals surface area contributed by atoms with E-state index in [4.69, 9.17) is 0 Å². The van der Waals surface area contributed by atoms with Gasteiger partial charge in [0.2, 0.25) is 0 Å². The van der Waals surface area contributed by atoms with Crippen molar-refractivity contribution in [3.63, 3.8) is 0 Å². The first-order valence-corrected chi connectivity index (χ1v) is 7.03. The fraction of sp³-hybridized carbons (Fsp3) is 0.625. The number of hydrogen-bond donors (Lipinski definition) is 1. The summed E-state index contributed by atoms with van der Waals surface area (Å²) >= 11 is 0. The van der Waals surface area contributed by atoms with Crippen molar-refractivity contribution in [3.8, 4) is 0 Å². The van der Waals surface area contributed by atoms with Gasteiger partial charge in [0.1, 0.15) is 5.82 Å². The van der Waals surface area contributed by atoms with Crippen LogP contribution in [0.5, 0.6) is 0 Å². The molecule has 1 N–H and O–H groups in total. The van der Waals surface area contributed by atoms with Gasteiger partial charge in [0.25, 0.3) is 0 Å². The number of nitrogens with one attached hydrogen (secondary N) is 1. The summed E-state index contributed by atoms with van der Waals surface area (Å²) in [4.78, 5) is 0. The Morgan fingerprint density at radius 3 is 2.50 bits per heavy atom. The molecule has 1 fully saturated rings. The standard InChI is InChI=1S/C16H24FN/c1-4-18-15(12-7-9-13(17)10-8-12)14-6-5-11-16(14,2)3/h7-10,14-15,18H,4-6,11H2,1-3H3. The predicted octanol–water partition coefficient (Wildman–Crippen LogP) is 4.30. The second-order valence-electron chi connectivity index (χ2n) is 6.07. The SMILES string of the molecule is CCNC(c1ccc(F)cc1)C1CCCC1(C)C. The first kappa shape index (κ1) is 13.5. The minimum atomic E-state index is -0.153. The summed E-state index contributed by atoms with van der Waals surface area (Å²) in [5.41, 5.74) is 1.60. The van der Waals surface area contributed by atoms with Crippen LogP contribution in [-0.4, -0.2) is 6.54 Å². The molecule has 2 heteroatoms. The second kappa shape index (κ2) is 5.40. The molecule has 2 unspecified atom stereocenters. The third-order valence-corrected chi connectivity index (χ3v) is 4.40. The topological polar surface area (TPSA) is 12.0 Å². The van der Waals surface area contributed by atoms with Crippen LogP contribution in [0.4, 0.5) is 4.39 Å². The van der Waals surface area contributed by atoms with Crippen LogP contribution in [0.25, 0.3) is 0 Å². The Kier molecular flexibility index (Phi) is 4.06.